The molecule has 0 aromatic heterocycles. The molecule has 2 aliphatic rings. The van der Waals surface area contributed by atoms with Gasteiger partial charge in [0.25, 0.3) is 5.91 Å². The monoisotopic (exact) mass is 394 g/mol. The van der Waals surface area contributed by atoms with Gasteiger partial charge >= 0.3 is 0 Å². The van der Waals surface area contributed by atoms with E-state index in [1.807, 2.05) is 30.0 Å². The molecule has 0 radical (unpaired) electrons. The first kappa shape index (κ1) is 19.1. The molecule has 2 aromatic carbocycles. The highest BCUT2D eigenvalue weighted by Crippen LogP contribution is 2.36. The molecule has 2 heterocycles. The van der Waals surface area contributed by atoms with Gasteiger partial charge in [-0.1, -0.05) is 30.3 Å². The first-order valence-corrected chi connectivity index (χ1v) is 10.9. The second kappa shape index (κ2) is 8.39. The summed E-state index contributed by atoms with van der Waals surface area (Å²) in [5.74, 6) is 0.758. The van der Waals surface area contributed by atoms with E-state index < -0.39 is 0 Å². The van der Waals surface area contributed by atoms with Crippen LogP contribution < -0.4 is 5.32 Å². The lowest BCUT2D eigenvalue weighted by atomic mass is 9.90. The Morgan fingerprint density at radius 2 is 1.89 bits per heavy atom. The molecule has 4 nitrogen and oxygen atoms in total. The SMILES string of the molecule is CC1Sc2ccc(C(=O)N3CCC(CCc4ccccc4)CC3)cc2NC1=O. The van der Waals surface area contributed by atoms with Crippen LogP contribution in [-0.2, 0) is 11.2 Å². The van der Waals surface area contributed by atoms with Gasteiger partial charge in [-0.25, -0.2) is 0 Å². The molecule has 1 N–H and O–H groups in total. The van der Waals surface area contributed by atoms with Crippen LogP contribution in [-0.4, -0.2) is 35.1 Å². The van der Waals surface area contributed by atoms with E-state index in [0.717, 1.165) is 42.9 Å². The molecule has 4 rings (SSSR count). The van der Waals surface area contributed by atoms with E-state index in [1.165, 1.54) is 12.0 Å². The van der Waals surface area contributed by atoms with Crippen molar-refractivity contribution >= 4 is 29.3 Å². The van der Waals surface area contributed by atoms with Crippen LogP contribution >= 0.6 is 11.8 Å². The van der Waals surface area contributed by atoms with Crippen molar-refractivity contribution in [1.82, 2.24) is 4.90 Å². The number of amides is 2. The Labute approximate surface area is 170 Å². The highest BCUT2D eigenvalue weighted by atomic mass is 32.2. The number of hydrogen-bond donors (Lipinski definition) is 1. The van der Waals surface area contributed by atoms with Gasteiger partial charge in [0.2, 0.25) is 5.91 Å². The van der Waals surface area contributed by atoms with Crippen molar-refractivity contribution in [3.63, 3.8) is 0 Å². The molecule has 2 aliphatic heterocycles. The molecule has 2 aromatic rings. The van der Waals surface area contributed by atoms with E-state index in [-0.39, 0.29) is 17.1 Å². The highest BCUT2D eigenvalue weighted by Gasteiger charge is 2.26. The van der Waals surface area contributed by atoms with Gasteiger partial charge in [-0.2, -0.15) is 0 Å². The van der Waals surface area contributed by atoms with Gasteiger partial charge in [-0.05, 0) is 62.3 Å². The van der Waals surface area contributed by atoms with Crippen molar-refractivity contribution in [2.45, 2.75) is 42.8 Å². The third-order valence-corrected chi connectivity index (χ3v) is 6.92. The van der Waals surface area contributed by atoms with Crippen molar-refractivity contribution in [3.05, 3.63) is 59.7 Å². The average molecular weight is 395 g/mol. The van der Waals surface area contributed by atoms with Crippen LogP contribution in [0.2, 0.25) is 0 Å². The maximum absolute atomic E-state index is 12.9. The minimum Gasteiger partial charge on any atom is -0.339 e. The predicted octanol–water partition coefficient (Wildman–Crippen LogP) is 4.60. The number of fused-ring (bicyclic) bond motifs is 1. The lowest BCUT2D eigenvalue weighted by molar-refractivity contribution is -0.115. The number of anilines is 1. The van der Waals surface area contributed by atoms with Gasteiger partial charge in [0.15, 0.2) is 0 Å². The quantitative estimate of drug-likeness (QED) is 0.824. The van der Waals surface area contributed by atoms with Gasteiger partial charge in [-0.15, -0.1) is 11.8 Å². The molecule has 0 bridgehead atoms. The molecular weight excluding hydrogens is 368 g/mol. The number of carbonyl (C=O) groups excluding carboxylic acids is 2. The molecule has 1 unspecified atom stereocenters. The van der Waals surface area contributed by atoms with Crippen molar-refractivity contribution in [3.8, 4) is 0 Å². The number of nitrogens with zero attached hydrogens (tertiary/aromatic N) is 1. The standard InChI is InChI=1S/C23H26N2O2S/c1-16-22(26)24-20-15-19(9-10-21(20)28-16)23(27)25-13-11-18(12-14-25)8-7-17-5-3-2-4-6-17/h2-6,9-10,15-16,18H,7-8,11-14H2,1H3,(H,24,26). The largest absolute Gasteiger partial charge is 0.339 e. The van der Waals surface area contributed by atoms with Gasteiger partial charge in [0, 0.05) is 23.5 Å². The summed E-state index contributed by atoms with van der Waals surface area (Å²) >= 11 is 1.54. The van der Waals surface area contributed by atoms with Crippen molar-refractivity contribution < 1.29 is 9.59 Å². The molecule has 0 saturated carbocycles. The van der Waals surface area contributed by atoms with Gasteiger partial charge in [0.1, 0.15) is 0 Å². The number of nitrogens with one attached hydrogen (secondary N) is 1. The number of thioether (sulfide) groups is 1. The smallest absolute Gasteiger partial charge is 0.253 e. The first-order valence-electron chi connectivity index (χ1n) is 10.0. The fraction of sp³-hybridized carbons (Fsp3) is 0.391. The van der Waals surface area contributed by atoms with Crippen molar-refractivity contribution in [2.24, 2.45) is 5.92 Å². The van der Waals surface area contributed by atoms with Gasteiger partial charge in [-0.3, -0.25) is 9.59 Å². The topological polar surface area (TPSA) is 49.4 Å². The predicted molar refractivity (Wildman–Crippen MR) is 114 cm³/mol. The number of aryl methyl sites for hydroxylation is 1. The Kier molecular flexibility index (Phi) is 5.72. The van der Waals surface area contributed by atoms with Gasteiger partial charge < -0.3 is 10.2 Å². The molecule has 146 valence electrons. The molecule has 2 amide bonds. The van der Waals surface area contributed by atoms with E-state index in [0.29, 0.717) is 11.5 Å². The fourth-order valence-electron chi connectivity index (χ4n) is 3.96. The molecule has 1 fully saturated rings. The minimum absolute atomic E-state index is 0.00123. The van der Waals surface area contributed by atoms with Crippen LogP contribution in [0, 0.1) is 5.92 Å². The second-order valence-electron chi connectivity index (χ2n) is 7.72. The first-order chi connectivity index (χ1) is 13.6. The summed E-state index contributed by atoms with van der Waals surface area (Å²) < 4.78 is 0. The Hall–Kier alpha value is -2.27. The molecule has 5 heteroatoms. The Morgan fingerprint density at radius 1 is 1.14 bits per heavy atom. The van der Waals surface area contributed by atoms with Crippen LogP contribution in [0.25, 0.3) is 0 Å². The normalized spacial score (nSPS) is 19.8. The number of carbonyl (C=O) groups is 2. The summed E-state index contributed by atoms with van der Waals surface area (Å²) in [6, 6.07) is 16.3. The maximum Gasteiger partial charge on any atom is 0.253 e. The molecule has 0 aliphatic carbocycles. The molecule has 28 heavy (non-hydrogen) atoms. The summed E-state index contributed by atoms with van der Waals surface area (Å²) in [6.45, 7) is 3.52. The zero-order chi connectivity index (χ0) is 19.5. The fourth-order valence-corrected chi connectivity index (χ4v) is 4.89. The lowest BCUT2D eigenvalue weighted by Gasteiger charge is -2.32. The Bertz CT molecular complexity index is 860. The summed E-state index contributed by atoms with van der Waals surface area (Å²) in [4.78, 5) is 27.8. The number of piperidine rings is 1. The van der Waals surface area contributed by atoms with Gasteiger partial charge in [0.05, 0.1) is 10.9 Å². The Balaban J connectivity index is 1.33. The molecule has 0 spiro atoms. The summed E-state index contributed by atoms with van der Waals surface area (Å²) in [5, 5.41) is 2.82. The summed E-state index contributed by atoms with van der Waals surface area (Å²) in [6.07, 6.45) is 4.42. The molecular formula is C23H26N2O2S. The maximum atomic E-state index is 12.9. The third-order valence-electron chi connectivity index (χ3n) is 5.74. The van der Waals surface area contributed by atoms with Crippen LogP contribution in [0.1, 0.15) is 42.1 Å². The highest BCUT2D eigenvalue weighted by molar-refractivity contribution is 8.00. The van der Waals surface area contributed by atoms with E-state index >= 15 is 0 Å². The van der Waals surface area contributed by atoms with Crippen LogP contribution in [0.3, 0.4) is 0 Å². The van der Waals surface area contributed by atoms with Crippen LogP contribution in [0.4, 0.5) is 5.69 Å². The van der Waals surface area contributed by atoms with E-state index in [9.17, 15) is 9.59 Å². The zero-order valence-electron chi connectivity index (χ0n) is 16.2. The average Bonchev–Trinajstić information content (AvgIpc) is 2.73. The zero-order valence-corrected chi connectivity index (χ0v) is 17.0. The van der Waals surface area contributed by atoms with Crippen molar-refractivity contribution in [2.75, 3.05) is 18.4 Å². The van der Waals surface area contributed by atoms with Crippen LogP contribution in [0.5, 0.6) is 0 Å². The van der Waals surface area contributed by atoms with E-state index in [1.54, 1.807) is 11.8 Å². The molecule has 1 atom stereocenters. The number of rotatable bonds is 4. The second-order valence-corrected chi connectivity index (χ2v) is 9.10. The number of hydrogen-bond acceptors (Lipinski definition) is 3. The summed E-state index contributed by atoms with van der Waals surface area (Å²) in [5.41, 5.74) is 2.82. The summed E-state index contributed by atoms with van der Waals surface area (Å²) in [7, 11) is 0. The number of benzene rings is 2. The number of likely N-dealkylation sites (tertiary alicyclic amines) is 1. The molecule has 1 saturated heterocycles. The van der Waals surface area contributed by atoms with E-state index in [2.05, 4.69) is 35.6 Å². The van der Waals surface area contributed by atoms with E-state index in [4.69, 9.17) is 0 Å². The lowest BCUT2D eigenvalue weighted by Crippen LogP contribution is -2.38. The van der Waals surface area contributed by atoms with Crippen molar-refractivity contribution in [1.29, 1.82) is 0 Å². The minimum atomic E-state index is -0.0936. The third kappa shape index (κ3) is 4.25. The Morgan fingerprint density at radius 3 is 2.64 bits per heavy atom. The van der Waals surface area contributed by atoms with Crippen LogP contribution in [0.15, 0.2) is 53.4 Å².